The van der Waals surface area contributed by atoms with Crippen LogP contribution in [0.1, 0.15) is 12.0 Å². The van der Waals surface area contributed by atoms with Crippen LogP contribution in [-0.4, -0.2) is 24.7 Å². The van der Waals surface area contributed by atoms with Crippen molar-refractivity contribution in [1.82, 2.24) is 16.3 Å². The van der Waals surface area contributed by atoms with Crippen LogP contribution >= 0.6 is 0 Å². The van der Waals surface area contributed by atoms with Gasteiger partial charge in [-0.25, -0.2) is 15.2 Å². The third kappa shape index (κ3) is 3.33. The van der Waals surface area contributed by atoms with E-state index < -0.39 is 0 Å². The van der Waals surface area contributed by atoms with Crippen LogP contribution in [0.25, 0.3) is 0 Å². The molecule has 0 aromatic heterocycles. The Morgan fingerprint density at radius 1 is 1.47 bits per heavy atom. The first-order valence-electron chi connectivity index (χ1n) is 5.32. The molecule has 0 bridgehead atoms. The zero-order valence-corrected chi connectivity index (χ0v) is 9.11. The van der Waals surface area contributed by atoms with E-state index in [4.69, 9.17) is 0 Å². The van der Waals surface area contributed by atoms with Crippen molar-refractivity contribution in [3.63, 3.8) is 0 Å². The maximum absolute atomic E-state index is 12.6. The van der Waals surface area contributed by atoms with E-state index in [2.05, 4.69) is 21.4 Å². The van der Waals surface area contributed by atoms with Crippen LogP contribution in [0.3, 0.4) is 0 Å². The zero-order valence-electron chi connectivity index (χ0n) is 9.11. The van der Waals surface area contributed by atoms with E-state index in [1.807, 2.05) is 0 Å². The van der Waals surface area contributed by atoms with Crippen molar-refractivity contribution in [2.24, 2.45) is 5.10 Å². The molecule has 1 aromatic rings. The molecule has 1 saturated heterocycles. The van der Waals surface area contributed by atoms with Crippen molar-refractivity contribution in [3.05, 3.63) is 35.6 Å². The number of carbonyl (C=O) groups excluding carboxylic acids is 1. The largest absolute Gasteiger partial charge is 0.271 e. The van der Waals surface area contributed by atoms with Gasteiger partial charge in [0, 0.05) is 6.54 Å². The number of halogens is 1. The summed E-state index contributed by atoms with van der Waals surface area (Å²) < 4.78 is 12.6. The number of hydrogen-bond donors (Lipinski definition) is 3. The summed E-state index contributed by atoms with van der Waals surface area (Å²) in [4.78, 5) is 11.5. The fourth-order valence-electron chi connectivity index (χ4n) is 1.48. The monoisotopic (exact) mass is 236 g/mol. The second-order valence-corrected chi connectivity index (χ2v) is 3.70. The summed E-state index contributed by atoms with van der Waals surface area (Å²) in [6, 6.07) is 5.60. The summed E-state index contributed by atoms with van der Waals surface area (Å²) in [5.74, 6) is -0.485. The fourth-order valence-corrected chi connectivity index (χ4v) is 1.48. The molecule has 1 unspecified atom stereocenters. The number of nitrogens with zero attached hydrogens (tertiary/aromatic N) is 1. The molecule has 90 valence electrons. The van der Waals surface area contributed by atoms with Crippen LogP contribution in [0.4, 0.5) is 4.39 Å². The first-order valence-corrected chi connectivity index (χ1v) is 5.32. The van der Waals surface area contributed by atoms with Gasteiger partial charge in [0.25, 0.3) is 5.91 Å². The van der Waals surface area contributed by atoms with E-state index in [-0.39, 0.29) is 17.8 Å². The van der Waals surface area contributed by atoms with Crippen LogP contribution in [0.5, 0.6) is 0 Å². The van der Waals surface area contributed by atoms with Gasteiger partial charge in [-0.15, -0.1) is 0 Å². The minimum absolute atomic E-state index is 0.187. The number of amides is 1. The summed E-state index contributed by atoms with van der Waals surface area (Å²) in [5.41, 5.74) is 8.84. The molecular weight excluding hydrogens is 223 g/mol. The predicted molar refractivity (Wildman–Crippen MR) is 61.7 cm³/mol. The quantitative estimate of drug-likeness (QED) is 0.517. The zero-order chi connectivity index (χ0) is 12.1. The van der Waals surface area contributed by atoms with Gasteiger partial charge in [0.15, 0.2) is 0 Å². The van der Waals surface area contributed by atoms with E-state index in [1.54, 1.807) is 12.1 Å². The van der Waals surface area contributed by atoms with Gasteiger partial charge in [-0.1, -0.05) is 12.1 Å². The highest BCUT2D eigenvalue weighted by atomic mass is 19.1. The normalized spacial score (nSPS) is 19.7. The van der Waals surface area contributed by atoms with Gasteiger partial charge in [0.05, 0.1) is 6.21 Å². The van der Waals surface area contributed by atoms with Crippen molar-refractivity contribution in [2.45, 2.75) is 12.5 Å². The molecule has 0 aliphatic carbocycles. The smallest absolute Gasteiger partial charge is 0.258 e. The lowest BCUT2D eigenvalue weighted by molar-refractivity contribution is -0.122. The Morgan fingerprint density at radius 2 is 2.24 bits per heavy atom. The number of hydrazine groups is 1. The molecule has 2 rings (SSSR count). The third-order valence-electron chi connectivity index (χ3n) is 2.41. The number of carbonyl (C=O) groups is 1. The van der Waals surface area contributed by atoms with Gasteiger partial charge in [-0.3, -0.25) is 10.2 Å². The van der Waals surface area contributed by atoms with Crippen LogP contribution < -0.4 is 16.3 Å². The topological polar surface area (TPSA) is 65.5 Å². The molecular formula is C11H13FN4O. The molecule has 0 radical (unpaired) electrons. The summed E-state index contributed by atoms with van der Waals surface area (Å²) in [5, 5.41) is 3.80. The van der Waals surface area contributed by atoms with Crippen LogP contribution in [-0.2, 0) is 4.79 Å². The number of hydrogen-bond acceptors (Lipinski definition) is 4. The van der Waals surface area contributed by atoms with Gasteiger partial charge in [-0.05, 0) is 24.1 Å². The molecule has 1 atom stereocenters. The average molecular weight is 236 g/mol. The number of hydrazone groups is 1. The molecule has 5 nitrogen and oxygen atoms in total. The average Bonchev–Trinajstić information content (AvgIpc) is 2.85. The molecule has 1 amide bonds. The Hall–Kier alpha value is -1.79. The Morgan fingerprint density at radius 3 is 2.88 bits per heavy atom. The second-order valence-electron chi connectivity index (χ2n) is 3.70. The molecule has 1 aliphatic rings. The lowest BCUT2D eigenvalue weighted by Gasteiger charge is -2.06. The van der Waals surface area contributed by atoms with Gasteiger partial charge >= 0.3 is 0 Å². The predicted octanol–water partition coefficient (Wildman–Crippen LogP) is 0.142. The van der Waals surface area contributed by atoms with Crippen LogP contribution in [0.2, 0.25) is 0 Å². The number of rotatable bonds is 3. The van der Waals surface area contributed by atoms with Crippen molar-refractivity contribution in [1.29, 1.82) is 0 Å². The highest BCUT2D eigenvalue weighted by Crippen LogP contribution is 1.99. The lowest BCUT2D eigenvalue weighted by atomic mass is 10.2. The van der Waals surface area contributed by atoms with Gasteiger partial charge in [0.1, 0.15) is 11.9 Å². The molecule has 0 spiro atoms. The SMILES string of the molecule is O=C(N/N=C/c1ccc(F)cc1)C1CCNN1. The number of nitrogens with one attached hydrogen (secondary N) is 3. The minimum Gasteiger partial charge on any atom is -0.271 e. The lowest BCUT2D eigenvalue weighted by Crippen LogP contribution is -2.41. The summed E-state index contributed by atoms with van der Waals surface area (Å²) in [7, 11) is 0. The Bertz CT molecular complexity index is 412. The van der Waals surface area contributed by atoms with E-state index in [9.17, 15) is 9.18 Å². The first-order chi connectivity index (χ1) is 8.25. The summed E-state index contributed by atoms with van der Waals surface area (Å²) in [6.07, 6.45) is 2.21. The molecule has 1 aliphatic heterocycles. The van der Waals surface area contributed by atoms with Crippen molar-refractivity contribution in [2.75, 3.05) is 6.54 Å². The highest BCUT2D eigenvalue weighted by Gasteiger charge is 2.21. The highest BCUT2D eigenvalue weighted by molar-refractivity contribution is 5.84. The fraction of sp³-hybridized carbons (Fsp3) is 0.273. The van der Waals surface area contributed by atoms with Crippen molar-refractivity contribution in [3.8, 4) is 0 Å². The first kappa shape index (κ1) is 11.7. The van der Waals surface area contributed by atoms with Crippen LogP contribution in [0, 0.1) is 5.82 Å². The summed E-state index contributed by atoms with van der Waals surface area (Å²) >= 11 is 0. The van der Waals surface area contributed by atoms with Gasteiger partial charge in [0.2, 0.25) is 0 Å². The Kier molecular flexibility index (Phi) is 3.79. The molecule has 1 fully saturated rings. The molecule has 1 aromatic carbocycles. The van der Waals surface area contributed by atoms with E-state index in [0.29, 0.717) is 0 Å². The van der Waals surface area contributed by atoms with Crippen molar-refractivity contribution >= 4 is 12.1 Å². The molecule has 17 heavy (non-hydrogen) atoms. The minimum atomic E-state index is -0.299. The third-order valence-corrected chi connectivity index (χ3v) is 2.41. The van der Waals surface area contributed by atoms with E-state index in [1.165, 1.54) is 18.3 Å². The maximum Gasteiger partial charge on any atom is 0.258 e. The molecule has 6 heteroatoms. The Balaban J connectivity index is 1.84. The second kappa shape index (κ2) is 5.51. The summed E-state index contributed by atoms with van der Waals surface area (Å²) in [6.45, 7) is 0.764. The standard InChI is InChI=1S/C11H13FN4O/c12-9-3-1-8(2-4-9)7-14-16-11(17)10-5-6-13-15-10/h1-4,7,10,13,15H,5-6H2,(H,16,17)/b14-7+. The molecule has 0 saturated carbocycles. The van der Waals surface area contributed by atoms with Gasteiger partial charge < -0.3 is 0 Å². The maximum atomic E-state index is 12.6. The number of benzene rings is 1. The Labute approximate surface area is 98.1 Å². The van der Waals surface area contributed by atoms with Crippen molar-refractivity contribution < 1.29 is 9.18 Å². The van der Waals surface area contributed by atoms with E-state index >= 15 is 0 Å². The van der Waals surface area contributed by atoms with Crippen LogP contribution in [0.15, 0.2) is 29.4 Å². The molecule has 1 heterocycles. The molecule has 3 N–H and O–H groups in total. The van der Waals surface area contributed by atoms with Gasteiger partial charge in [-0.2, -0.15) is 5.10 Å². The van der Waals surface area contributed by atoms with E-state index in [0.717, 1.165) is 18.5 Å².